The van der Waals surface area contributed by atoms with Crippen LogP contribution in [0.25, 0.3) is 0 Å². The number of ether oxygens (including phenoxy) is 2. The lowest BCUT2D eigenvalue weighted by atomic mass is 9.93. The molecule has 1 saturated heterocycles. The summed E-state index contributed by atoms with van der Waals surface area (Å²) in [5.74, 6) is 3.33. The third-order valence-electron chi connectivity index (χ3n) is 5.12. The number of hydrogen-bond acceptors (Lipinski definition) is 4. The van der Waals surface area contributed by atoms with Gasteiger partial charge in [0.05, 0.1) is 0 Å². The molecule has 0 saturated carbocycles. The van der Waals surface area contributed by atoms with Crippen molar-refractivity contribution in [3.05, 3.63) is 23.8 Å². The molecule has 138 valence electrons. The van der Waals surface area contributed by atoms with Crippen LogP contribution in [-0.2, 0) is 6.54 Å². The zero-order valence-electron chi connectivity index (χ0n) is 15.4. The van der Waals surface area contributed by atoms with Gasteiger partial charge < -0.3 is 25.0 Å². The molecule has 2 N–H and O–H groups in total. The highest BCUT2D eigenvalue weighted by molar-refractivity contribution is 5.79. The molecule has 0 spiro atoms. The molecular weight excluding hydrogens is 316 g/mol. The number of hydrogen-bond donors (Lipinski definition) is 2. The molecule has 6 heteroatoms. The Bertz CT molecular complexity index is 583. The molecule has 0 aliphatic carbocycles. The number of fused-ring (bicyclic) bond motifs is 1. The van der Waals surface area contributed by atoms with E-state index >= 15 is 0 Å². The molecule has 2 aliphatic heterocycles. The Morgan fingerprint density at radius 2 is 2.00 bits per heavy atom. The predicted molar refractivity (Wildman–Crippen MR) is 100 cm³/mol. The van der Waals surface area contributed by atoms with E-state index in [1.807, 2.05) is 19.2 Å². The number of rotatable bonds is 6. The molecule has 6 nitrogen and oxygen atoms in total. The van der Waals surface area contributed by atoms with E-state index in [0.29, 0.717) is 13.3 Å². The average molecular weight is 346 g/mol. The van der Waals surface area contributed by atoms with E-state index in [0.717, 1.165) is 35.5 Å². The quantitative estimate of drug-likeness (QED) is 0.611. The van der Waals surface area contributed by atoms with Gasteiger partial charge in [0.2, 0.25) is 6.79 Å². The molecule has 2 aliphatic rings. The van der Waals surface area contributed by atoms with E-state index in [9.17, 15) is 0 Å². The second kappa shape index (κ2) is 8.94. The van der Waals surface area contributed by atoms with Crippen LogP contribution in [0.3, 0.4) is 0 Å². The maximum atomic E-state index is 5.42. The first-order chi connectivity index (χ1) is 12.3. The molecule has 3 rings (SSSR count). The number of aliphatic imine (C=N–C) groups is 1. The van der Waals surface area contributed by atoms with Crippen molar-refractivity contribution < 1.29 is 9.47 Å². The van der Waals surface area contributed by atoms with E-state index in [4.69, 9.17) is 9.47 Å². The van der Waals surface area contributed by atoms with Gasteiger partial charge in [-0.2, -0.15) is 0 Å². The number of benzene rings is 1. The van der Waals surface area contributed by atoms with Crippen molar-refractivity contribution in [3.8, 4) is 11.5 Å². The Morgan fingerprint density at radius 3 is 2.76 bits per heavy atom. The Balaban J connectivity index is 1.37. The Kier molecular flexibility index (Phi) is 6.39. The molecule has 0 bridgehead atoms. The summed E-state index contributed by atoms with van der Waals surface area (Å²) in [4.78, 5) is 6.85. The lowest BCUT2D eigenvalue weighted by Crippen LogP contribution is -2.39. The summed E-state index contributed by atoms with van der Waals surface area (Å²) < 4.78 is 10.8. The van der Waals surface area contributed by atoms with Crippen molar-refractivity contribution in [2.45, 2.75) is 32.7 Å². The molecule has 0 amide bonds. The first-order valence-electron chi connectivity index (χ1n) is 9.34. The summed E-state index contributed by atoms with van der Waals surface area (Å²) in [5, 5.41) is 6.80. The third kappa shape index (κ3) is 5.01. The summed E-state index contributed by atoms with van der Waals surface area (Å²) in [5.41, 5.74) is 1.15. The molecule has 0 atom stereocenters. The summed E-state index contributed by atoms with van der Waals surface area (Å²) in [6.07, 6.45) is 3.85. The van der Waals surface area contributed by atoms with Gasteiger partial charge in [-0.1, -0.05) is 13.0 Å². The minimum Gasteiger partial charge on any atom is -0.454 e. The molecule has 1 fully saturated rings. The monoisotopic (exact) mass is 346 g/mol. The van der Waals surface area contributed by atoms with Gasteiger partial charge in [0, 0.05) is 20.1 Å². The molecule has 0 aromatic heterocycles. The van der Waals surface area contributed by atoms with Crippen molar-refractivity contribution >= 4 is 5.96 Å². The van der Waals surface area contributed by atoms with E-state index in [2.05, 4.69) is 33.5 Å². The van der Waals surface area contributed by atoms with Crippen LogP contribution in [0.15, 0.2) is 23.2 Å². The van der Waals surface area contributed by atoms with Crippen LogP contribution in [0.4, 0.5) is 0 Å². The summed E-state index contributed by atoms with van der Waals surface area (Å²) in [7, 11) is 1.81. The molecule has 1 aromatic rings. The fourth-order valence-corrected chi connectivity index (χ4v) is 3.44. The molecule has 0 radical (unpaired) electrons. The molecule has 25 heavy (non-hydrogen) atoms. The number of nitrogens with zero attached hydrogens (tertiary/aromatic N) is 2. The second-order valence-corrected chi connectivity index (χ2v) is 6.71. The van der Waals surface area contributed by atoms with Gasteiger partial charge in [-0.05, 0) is 62.5 Å². The highest BCUT2D eigenvalue weighted by Crippen LogP contribution is 2.32. The van der Waals surface area contributed by atoms with Crippen LogP contribution >= 0.6 is 0 Å². The fourth-order valence-electron chi connectivity index (χ4n) is 3.44. The van der Waals surface area contributed by atoms with Gasteiger partial charge in [0.15, 0.2) is 17.5 Å². The zero-order chi connectivity index (χ0) is 17.5. The normalized spacial score (nSPS) is 18.4. The van der Waals surface area contributed by atoms with Gasteiger partial charge in [-0.25, -0.2) is 0 Å². The van der Waals surface area contributed by atoms with Gasteiger partial charge in [0.1, 0.15) is 0 Å². The van der Waals surface area contributed by atoms with Crippen LogP contribution < -0.4 is 20.1 Å². The van der Waals surface area contributed by atoms with Gasteiger partial charge in [-0.15, -0.1) is 0 Å². The molecule has 0 unspecified atom stereocenters. The number of piperidine rings is 1. The number of nitrogens with one attached hydrogen (secondary N) is 2. The standard InChI is InChI=1S/C19H30N4O2/c1-3-23-10-7-15(8-11-23)6-9-21-19(20-2)22-13-16-4-5-17-18(12-16)25-14-24-17/h4-5,12,15H,3,6-11,13-14H2,1-2H3,(H2,20,21,22). The van der Waals surface area contributed by atoms with Crippen LogP contribution in [-0.4, -0.2) is 50.9 Å². The SMILES string of the molecule is CCN1CCC(CCNC(=NC)NCc2ccc3c(c2)OCO3)CC1. The highest BCUT2D eigenvalue weighted by atomic mass is 16.7. The van der Waals surface area contributed by atoms with Crippen LogP contribution in [0.2, 0.25) is 0 Å². The zero-order valence-corrected chi connectivity index (χ0v) is 15.4. The first kappa shape index (κ1) is 17.9. The molecular formula is C19H30N4O2. The molecule has 1 aromatic carbocycles. The second-order valence-electron chi connectivity index (χ2n) is 6.71. The van der Waals surface area contributed by atoms with Crippen molar-refractivity contribution in [2.75, 3.05) is 40.0 Å². The Morgan fingerprint density at radius 1 is 1.20 bits per heavy atom. The lowest BCUT2D eigenvalue weighted by Gasteiger charge is -2.31. The van der Waals surface area contributed by atoms with Gasteiger partial charge in [-0.3, -0.25) is 4.99 Å². The summed E-state index contributed by atoms with van der Waals surface area (Å²) >= 11 is 0. The largest absolute Gasteiger partial charge is 0.454 e. The van der Waals surface area contributed by atoms with Crippen LogP contribution in [0.5, 0.6) is 11.5 Å². The predicted octanol–water partition coefficient (Wildman–Crippen LogP) is 2.20. The summed E-state index contributed by atoms with van der Waals surface area (Å²) in [6, 6.07) is 6.03. The fraction of sp³-hybridized carbons (Fsp3) is 0.632. The Hall–Kier alpha value is -1.95. The van der Waals surface area contributed by atoms with E-state index in [1.54, 1.807) is 0 Å². The highest BCUT2D eigenvalue weighted by Gasteiger charge is 2.17. The average Bonchev–Trinajstić information content (AvgIpc) is 3.12. The van der Waals surface area contributed by atoms with Crippen molar-refractivity contribution in [2.24, 2.45) is 10.9 Å². The van der Waals surface area contributed by atoms with Crippen LogP contribution in [0, 0.1) is 5.92 Å². The smallest absolute Gasteiger partial charge is 0.231 e. The van der Waals surface area contributed by atoms with E-state index in [-0.39, 0.29) is 0 Å². The Labute approximate surface area is 150 Å². The minimum absolute atomic E-state index is 0.312. The number of likely N-dealkylation sites (tertiary alicyclic amines) is 1. The third-order valence-corrected chi connectivity index (χ3v) is 5.12. The van der Waals surface area contributed by atoms with Gasteiger partial charge >= 0.3 is 0 Å². The lowest BCUT2D eigenvalue weighted by molar-refractivity contribution is 0.174. The molecule has 2 heterocycles. The minimum atomic E-state index is 0.312. The summed E-state index contributed by atoms with van der Waals surface area (Å²) in [6.45, 7) is 7.92. The first-order valence-corrected chi connectivity index (χ1v) is 9.34. The van der Waals surface area contributed by atoms with E-state index in [1.165, 1.54) is 38.9 Å². The van der Waals surface area contributed by atoms with Gasteiger partial charge in [0.25, 0.3) is 0 Å². The van der Waals surface area contributed by atoms with E-state index < -0.39 is 0 Å². The topological polar surface area (TPSA) is 58.1 Å². The van der Waals surface area contributed by atoms with Crippen molar-refractivity contribution in [3.63, 3.8) is 0 Å². The maximum Gasteiger partial charge on any atom is 0.231 e. The van der Waals surface area contributed by atoms with Crippen LogP contribution in [0.1, 0.15) is 31.7 Å². The maximum absolute atomic E-state index is 5.42. The van der Waals surface area contributed by atoms with Crippen molar-refractivity contribution in [1.29, 1.82) is 0 Å². The number of guanidine groups is 1. The van der Waals surface area contributed by atoms with Crippen molar-refractivity contribution in [1.82, 2.24) is 15.5 Å².